The lowest BCUT2D eigenvalue weighted by molar-refractivity contribution is 0.0706. The zero-order valence-electron chi connectivity index (χ0n) is 23.6. The van der Waals surface area contributed by atoms with Gasteiger partial charge in [0.25, 0.3) is 0 Å². The highest BCUT2D eigenvalue weighted by Gasteiger charge is 2.42. The second-order valence-corrected chi connectivity index (χ2v) is 11.8. The molecule has 2 N–H and O–H groups in total. The standard InChI is InChI=1S/C28H56N4O2/c1-8-12-16-31(17-13-9-2)25(33)29-23-28(7)21-24(20-27(5,6)22-28)30-26(34)32(18-14-10-3)19-15-11-4/h24H,8-23H2,1-7H3,(H,29,33)(H,30,34). The Morgan fingerprint density at radius 2 is 1.18 bits per heavy atom. The fourth-order valence-electron chi connectivity index (χ4n) is 5.56. The van der Waals surface area contributed by atoms with Crippen LogP contribution in [0.3, 0.4) is 0 Å². The van der Waals surface area contributed by atoms with Crippen molar-refractivity contribution in [1.82, 2.24) is 20.4 Å². The molecule has 6 nitrogen and oxygen atoms in total. The Bertz CT molecular complexity index is 579. The molecule has 0 aromatic rings. The van der Waals surface area contributed by atoms with Crippen LogP contribution in [0.25, 0.3) is 0 Å². The SMILES string of the molecule is CCCCN(CCCC)C(=O)NCC1(C)CC(NC(=O)N(CCCC)CCCC)CC(C)(C)C1. The van der Waals surface area contributed by atoms with Crippen LogP contribution in [0.4, 0.5) is 9.59 Å². The maximum atomic E-state index is 13.1. The minimum absolute atomic E-state index is 0.0335. The van der Waals surface area contributed by atoms with Gasteiger partial charge in [0.2, 0.25) is 0 Å². The van der Waals surface area contributed by atoms with Gasteiger partial charge < -0.3 is 20.4 Å². The summed E-state index contributed by atoms with van der Waals surface area (Å²) in [6.07, 6.45) is 11.5. The van der Waals surface area contributed by atoms with E-state index in [2.05, 4.69) is 59.1 Å². The third-order valence-corrected chi connectivity index (χ3v) is 7.14. The van der Waals surface area contributed by atoms with Crippen molar-refractivity contribution in [2.24, 2.45) is 10.8 Å². The van der Waals surface area contributed by atoms with E-state index in [1.807, 2.05) is 9.80 Å². The summed E-state index contributed by atoms with van der Waals surface area (Å²) in [6, 6.07) is 0.291. The van der Waals surface area contributed by atoms with E-state index in [1.165, 1.54) is 0 Å². The van der Waals surface area contributed by atoms with Crippen molar-refractivity contribution in [1.29, 1.82) is 0 Å². The highest BCUT2D eigenvalue weighted by molar-refractivity contribution is 5.75. The van der Waals surface area contributed by atoms with Gasteiger partial charge in [-0.05, 0) is 55.8 Å². The molecule has 0 heterocycles. The molecule has 0 aromatic carbocycles. The lowest BCUT2D eigenvalue weighted by Gasteiger charge is -2.47. The van der Waals surface area contributed by atoms with E-state index in [0.29, 0.717) is 6.54 Å². The number of nitrogens with zero attached hydrogens (tertiary/aromatic N) is 2. The molecule has 0 aromatic heterocycles. The molecule has 2 unspecified atom stereocenters. The van der Waals surface area contributed by atoms with E-state index in [1.54, 1.807) is 0 Å². The van der Waals surface area contributed by atoms with Gasteiger partial charge in [0.15, 0.2) is 0 Å². The van der Waals surface area contributed by atoms with Crippen molar-refractivity contribution >= 4 is 12.1 Å². The molecule has 2 atom stereocenters. The molecule has 0 saturated heterocycles. The van der Waals surface area contributed by atoms with Gasteiger partial charge in [0, 0.05) is 38.8 Å². The topological polar surface area (TPSA) is 64.7 Å². The van der Waals surface area contributed by atoms with E-state index in [-0.39, 0.29) is 28.9 Å². The number of amides is 4. The first-order valence-electron chi connectivity index (χ1n) is 14.2. The lowest BCUT2D eigenvalue weighted by Crippen LogP contribution is -2.54. The number of unbranched alkanes of at least 4 members (excludes halogenated alkanes) is 4. The summed E-state index contributed by atoms with van der Waals surface area (Å²) >= 11 is 0. The van der Waals surface area contributed by atoms with Crippen LogP contribution in [0.2, 0.25) is 0 Å². The lowest BCUT2D eigenvalue weighted by atomic mass is 9.62. The van der Waals surface area contributed by atoms with Crippen LogP contribution in [-0.4, -0.2) is 60.6 Å². The van der Waals surface area contributed by atoms with Crippen LogP contribution in [-0.2, 0) is 0 Å². The highest BCUT2D eigenvalue weighted by atomic mass is 16.2. The molecule has 0 bridgehead atoms. The fraction of sp³-hybridized carbons (Fsp3) is 0.929. The van der Waals surface area contributed by atoms with E-state index in [9.17, 15) is 9.59 Å². The van der Waals surface area contributed by atoms with Crippen LogP contribution in [0.1, 0.15) is 119 Å². The Morgan fingerprint density at radius 1 is 0.735 bits per heavy atom. The zero-order valence-corrected chi connectivity index (χ0v) is 23.6. The van der Waals surface area contributed by atoms with Crippen molar-refractivity contribution in [2.45, 2.75) is 125 Å². The molecule has 0 spiro atoms. The smallest absolute Gasteiger partial charge is 0.317 e. The average molecular weight is 481 g/mol. The zero-order chi connectivity index (χ0) is 25.6. The highest BCUT2D eigenvalue weighted by Crippen LogP contribution is 2.45. The molecule has 6 heteroatoms. The molecule has 0 radical (unpaired) electrons. The summed E-state index contributed by atoms with van der Waals surface area (Å²) < 4.78 is 0. The molecule has 1 aliphatic carbocycles. The van der Waals surface area contributed by atoms with E-state index in [0.717, 1.165) is 96.8 Å². The van der Waals surface area contributed by atoms with Crippen LogP contribution < -0.4 is 10.6 Å². The van der Waals surface area contributed by atoms with Gasteiger partial charge in [0.1, 0.15) is 0 Å². The first-order valence-corrected chi connectivity index (χ1v) is 14.2. The number of carbonyl (C=O) groups excluding carboxylic acids is 2. The molecular weight excluding hydrogens is 424 g/mol. The first kappa shape index (κ1) is 30.6. The van der Waals surface area contributed by atoms with Gasteiger partial charge in [-0.1, -0.05) is 74.1 Å². The summed E-state index contributed by atoms with van der Waals surface area (Å²) in [7, 11) is 0. The number of hydrogen-bond donors (Lipinski definition) is 2. The summed E-state index contributed by atoms with van der Waals surface area (Å²) in [5, 5.41) is 6.64. The molecule has 1 fully saturated rings. The van der Waals surface area contributed by atoms with Crippen molar-refractivity contribution in [3.63, 3.8) is 0 Å². The maximum absolute atomic E-state index is 13.1. The third-order valence-electron chi connectivity index (χ3n) is 7.14. The van der Waals surface area contributed by atoms with Gasteiger partial charge in [-0.3, -0.25) is 0 Å². The third kappa shape index (κ3) is 11.3. The van der Waals surface area contributed by atoms with Crippen molar-refractivity contribution in [3.05, 3.63) is 0 Å². The van der Waals surface area contributed by atoms with Crippen LogP contribution in [0.15, 0.2) is 0 Å². The van der Waals surface area contributed by atoms with Crippen LogP contribution in [0, 0.1) is 10.8 Å². The molecule has 1 aliphatic rings. The Kier molecular flexibility index (Phi) is 14.0. The average Bonchev–Trinajstić information content (AvgIpc) is 2.76. The van der Waals surface area contributed by atoms with Gasteiger partial charge in [-0.15, -0.1) is 0 Å². The maximum Gasteiger partial charge on any atom is 0.317 e. The van der Waals surface area contributed by atoms with Crippen LogP contribution >= 0.6 is 0 Å². The quantitative estimate of drug-likeness (QED) is 0.271. The van der Waals surface area contributed by atoms with E-state index >= 15 is 0 Å². The Hall–Kier alpha value is -1.46. The Balaban J connectivity index is 2.79. The second kappa shape index (κ2) is 15.5. The fourth-order valence-corrected chi connectivity index (χ4v) is 5.56. The van der Waals surface area contributed by atoms with Gasteiger partial charge in [0.05, 0.1) is 0 Å². The molecular formula is C28H56N4O2. The summed E-state index contributed by atoms with van der Waals surface area (Å²) in [5.74, 6) is 0. The number of hydrogen-bond acceptors (Lipinski definition) is 2. The Morgan fingerprint density at radius 3 is 1.62 bits per heavy atom. The number of nitrogens with one attached hydrogen (secondary N) is 2. The van der Waals surface area contributed by atoms with E-state index < -0.39 is 0 Å². The number of urea groups is 2. The number of rotatable bonds is 15. The molecule has 1 rings (SSSR count). The Labute approximate surface area is 211 Å². The van der Waals surface area contributed by atoms with Gasteiger partial charge >= 0.3 is 12.1 Å². The minimum Gasteiger partial charge on any atom is -0.337 e. The first-order chi connectivity index (χ1) is 16.1. The summed E-state index contributed by atoms with van der Waals surface area (Å²) in [5.41, 5.74) is 0.0889. The predicted molar refractivity (Wildman–Crippen MR) is 144 cm³/mol. The van der Waals surface area contributed by atoms with Crippen LogP contribution in [0.5, 0.6) is 0 Å². The largest absolute Gasteiger partial charge is 0.337 e. The predicted octanol–water partition coefficient (Wildman–Crippen LogP) is 6.80. The molecule has 1 saturated carbocycles. The molecule has 0 aliphatic heterocycles. The molecule has 4 amide bonds. The second-order valence-electron chi connectivity index (χ2n) is 11.8. The molecule has 34 heavy (non-hydrogen) atoms. The van der Waals surface area contributed by atoms with Gasteiger partial charge in [-0.2, -0.15) is 0 Å². The van der Waals surface area contributed by atoms with Gasteiger partial charge in [-0.25, -0.2) is 9.59 Å². The van der Waals surface area contributed by atoms with Crippen molar-refractivity contribution < 1.29 is 9.59 Å². The summed E-state index contributed by atoms with van der Waals surface area (Å²) in [4.78, 5) is 30.1. The number of carbonyl (C=O) groups is 2. The van der Waals surface area contributed by atoms with Crippen molar-refractivity contribution in [3.8, 4) is 0 Å². The summed E-state index contributed by atoms with van der Waals surface area (Å²) in [6.45, 7) is 19.5. The monoisotopic (exact) mass is 480 g/mol. The van der Waals surface area contributed by atoms with Crippen molar-refractivity contribution in [2.75, 3.05) is 32.7 Å². The van der Waals surface area contributed by atoms with E-state index in [4.69, 9.17) is 0 Å². The minimum atomic E-state index is -0.0335. The normalized spacial score (nSPS) is 21.7. The molecule has 200 valence electrons.